The van der Waals surface area contributed by atoms with Crippen molar-refractivity contribution in [2.75, 3.05) is 18.9 Å². The molecule has 0 fully saturated rings. The summed E-state index contributed by atoms with van der Waals surface area (Å²) in [5.74, 6) is 1.14. The molecule has 0 aliphatic heterocycles. The minimum Gasteiger partial charge on any atom is -0.356 e. The van der Waals surface area contributed by atoms with Crippen molar-refractivity contribution in [2.45, 2.75) is 40.2 Å². The molecule has 1 amide bonds. The highest BCUT2D eigenvalue weighted by atomic mass is 127. The molecule has 0 aliphatic rings. The minimum atomic E-state index is 0. The van der Waals surface area contributed by atoms with Crippen LogP contribution >= 0.6 is 35.3 Å². The number of hydrogen-bond acceptors (Lipinski definition) is 4. The smallest absolute Gasteiger partial charge is 0.224 e. The predicted molar refractivity (Wildman–Crippen MR) is 129 cm³/mol. The number of aryl methyl sites for hydroxylation is 1. The van der Waals surface area contributed by atoms with E-state index in [1.807, 2.05) is 44.3 Å². The summed E-state index contributed by atoms with van der Waals surface area (Å²) in [4.78, 5) is 21.8. The van der Waals surface area contributed by atoms with E-state index in [1.165, 1.54) is 4.88 Å². The Kier molecular flexibility index (Phi) is 11.1. The highest BCUT2D eigenvalue weighted by Crippen LogP contribution is 2.12. The van der Waals surface area contributed by atoms with Crippen LogP contribution in [0.1, 0.15) is 35.7 Å². The van der Waals surface area contributed by atoms with E-state index in [0.717, 1.165) is 35.2 Å². The van der Waals surface area contributed by atoms with Crippen LogP contribution in [0.25, 0.3) is 0 Å². The van der Waals surface area contributed by atoms with Crippen molar-refractivity contribution in [3.63, 3.8) is 0 Å². The van der Waals surface area contributed by atoms with E-state index >= 15 is 0 Å². The molecule has 0 spiro atoms. The Bertz CT molecular complexity index is 775. The van der Waals surface area contributed by atoms with Gasteiger partial charge in [0.05, 0.1) is 5.01 Å². The Balaban J connectivity index is 0.00000392. The van der Waals surface area contributed by atoms with Crippen LogP contribution in [-0.4, -0.2) is 30.4 Å². The maximum absolute atomic E-state index is 11.9. The molecule has 1 aromatic carbocycles. The number of benzene rings is 1. The van der Waals surface area contributed by atoms with Gasteiger partial charge in [-0.05, 0) is 30.5 Å². The summed E-state index contributed by atoms with van der Waals surface area (Å²) >= 11 is 1.72. The number of nitrogens with zero attached hydrogens (tertiary/aromatic N) is 2. The molecular weight excluding hydrogens is 485 g/mol. The lowest BCUT2D eigenvalue weighted by Crippen LogP contribution is -2.37. The van der Waals surface area contributed by atoms with Gasteiger partial charge in [-0.25, -0.2) is 4.98 Å². The average molecular weight is 515 g/mol. The van der Waals surface area contributed by atoms with Crippen molar-refractivity contribution in [1.29, 1.82) is 0 Å². The van der Waals surface area contributed by atoms with Crippen LogP contribution in [0, 0.1) is 12.8 Å². The van der Waals surface area contributed by atoms with Crippen LogP contribution in [-0.2, 0) is 17.8 Å². The van der Waals surface area contributed by atoms with Gasteiger partial charge in [0.25, 0.3) is 0 Å². The van der Waals surface area contributed by atoms with Gasteiger partial charge in [-0.15, -0.1) is 35.3 Å². The fourth-order valence-electron chi connectivity index (χ4n) is 2.55. The maximum atomic E-state index is 11.9. The van der Waals surface area contributed by atoms with E-state index in [2.05, 4.69) is 32.9 Å². The summed E-state index contributed by atoms with van der Waals surface area (Å²) in [5, 5.41) is 10.7. The largest absolute Gasteiger partial charge is 0.356 e. The Morgan fingerprint density at radius 2 is 2.07 bits per heavy atom. The molecule has 1 aromatic heterocycles. The number of carbonyl (C=O) groups excluding carboxylic acids is 1. The van der Waals surface area contributed by atoms with Crippen molar-refractivity contribution >= 4 is 52.9 Å². The number of guanidine groups is 1. The molecule has 0 unspecified atom stereocenters. The quantitative estimate of drug-likeness (QED) is 0.283. The maximum Gasteiger partial charge on any atom is 0.224 e. The van der Waals surface area contributed by atoms with E-state index < -0.39 is 0 Å². The Morgan fingerprint density at radius 1 is 1.29 bits per heavy atom. The summed E-state index contributed by atoms with van der Waals surface area (Å²) in [6, 6.07) is 7.86. The third kappa shape index (κ3) is 9.01. The molecule has 2 aromatic rings. The third-order valence-corrected chi connectivity index (χ3v) is 4.76. The molecule has 6 nitrogen and oxygen atoms in total. The molecule has 0 aliphatic carbocycles. The van der Waals surface area contributed by atoms with Crippen LogP contribution < -0.4 is 16.0 Å². The average Bonchev–Trinajstić information content (AvgIpc) is 3.02. The van der Waals surface area contributed by atoms with Gasteiger partial charge in [0.1, 0.15) is 0 Å². The lowest BCUT2D eigenvalue weighted by atomic mass is 10.1. The van der Waals surface area contributed by atoms with Gasteiger partial charge in [0, 0.05) is 49.7 Å². The van der Waals surface area contributed by atoms with E-state index in [-0.39, 0.29) is 29.9 Å². The first-order valence-electron chi connectivity index (χ1n) is 9.21. The monoisotopic (exact) mass is 515 g/mol. The van der Waals surface area contributed by atoms with Gasteiger partial charge >= 0.3 is 0 Å². The molecule has 8 heteroatoms. The minimum absolute atomic E-state index is 0. The van der Waals surface area contributed by atoms with Crippen LogP contribution in [0.3, 0.4) is 0 Å². The van der Waals surface area contributed by atoms with Crippen LogP contribution in [0.2, 0.25) is 0 Å². The first-order chi connectivity index (χ1) is 13.0. The Morgan fingerprint density at radius 3 is 2.71 bits per heavy atom. The van der Waals surface area contributed by atoms with Gasteiger partial charge < -0.3 is 16.0 Å². The Hall–Kier alpha value is -1.68. The zero-order chi connectivity index (χ0) is 19.6. The number of anilines is 1. The molecule has 154 valence electrons. The second-order valence-electron chi connectivity index (χ2n) is 6.81. The number of halogens is 1. The van der Waals surface area contributed by atoms with Gasteiger partial charge in [0.2, 0.25) is 5.91 Å². The predicted octanol–water partition coefficient (Wildman–Crippen LogP) is 3.96. The topological polar surface area (TPSA) is 78.4 Å². The van der Waals surface area contributed by atoms with Gasteiger partial charge in [-0.3, -0.25) is 9.79 Å². The van der Waals surface area contributed by atoms with Crippen molar-refractivity contribution in [1.82, 2.24) is 15.6 Å². The molecule has 0 saturated carbocycles. The number of hydrogen-bond donors (Lipinski definition) is 3. The standard InChI is InChI=1S/C20H29N5OS.HI/c1-14(2)10-18(26)25-17-7-5-6-16(11-17)13-24-20(21-4)22-9-8-19-23-12-15(3)27-19;/h5-7,11-12,14H,8-10,13H2,1-4H3,(H,25,26)(H2,21,22,24);1H. The fraction of sp³-hybridized carbons (Fsp3) is 0.450. The van der Waals surface area contributed by atoms with E-state index in [1.54, 1.807) is 18.4 Å². The first-order valence-corrected chi connectivity index (χ1v) is 10.0. The summed E-state index contributed by atoms with van der Waals surface area (Å²) < 4.78 is 0. The molecule has 2 rings (SSSR count). The zero-order valence-corrected chi connectivity index (χ0v) is 20.1. The van der Waals surface area contributed by atoms with Crippen LogP contribution in [0.15, 0.2) is 35.5 Å². The normalized spacial score (nSPS) is 11.1. The zero-order valence-electron chi connectivity index (χ0n) is 16.9. The van der Waals surface area contributed by atoms with Crippen molar-refractivity contribution in [2.24, 2.45) is 10.9 Å². The highest BCUT2D eigenvalue weighted by molar-refractivity contribution is 14.0. The summed E-state index contributed by atoms with van der Waals surface area (Å²) in [5.41, 5.74) is 1.90. The summed E-state index contributed by atoms with van der Waals surface area (Å²) in [6.45, 7) is 7.54. The lowest BCUT2D eigenvalue weighted by molar-refractivity contribution is -0.116. The second-order valence-corrected chi connectivity index (χ2v) is 8.13. The number of carbonyl (C=O) groups is 1. The Labute approximate surface area is 188 Å². The van der Waals surface area contributed by atoms with E-state index in [4.69, 9.17) is 0 Å². The van der Waals surface area contributed by atoms with Crippen LogP contribution in [0.5, 0.6) is 0 Å². The molecule has 0 radical (unpaired) electrons. The van der Waals surface area contributed by atoms with Crippen molar-refractivity contribution < 1.29 is 4.79 Å². The van der Waals surface area contributed by atoms with E-state index in [9.17, 15) is 4.79 Å². The number of nitrogens with one attached hydrogen (secondary N) is 3. The van der Waals surface area contributed by atoms with E-state index in [0.29, 0.717) is 18.9 Å². The molecular formula is C20H30IN5OS. The fourth-order valence-corrected chi connectivity index (χ4v) is 3.34. The number of thiazole rings is 1. The first kappa shape index (κ1) is 24.4. The second kappa shape index (κ2) is 12.7. The van der Waals surface area contributed by atoms with Crippen LogP contribution in [0.4, 0.5) is 5.69 Å². The SMILES string of the molecule is CN=C(NCCc1ncc(C)s1)NCc1cccc(NC(=O)CC(C)C)c1.I. The van der Waals surface area contributed by atoms with Crippen molar-refractivity contribution in [3.05, 3.63) is 45.9 Å². The number of rotatable bonds is 8. The number of aliphatic imine (C=N–C) groups is 1. The molecule has 28 heavy (non-hydrogen) atoms. The van der Waals surface area contributed by atoms with Gasteiger partial charge in [-0.1, -0.05) is 26.0 Å². The molecule has 3 N–H and O–H groups in total. The lowest BCUT2D eigenvalue weighted by Gasteiger charge is -2.12. The molecule has 1 heterocycles. The van der Waals surface area contributed by atoms with Gasteiger partial charge in [0.15, 0.2) is 5.96 Å². The number of aromatic nitrogens is 1. The molecule has 0 atom stereocenters. The highest BCUT2D eigenvalue weighted by Gasteiger charge is 2.06. The molecule has 0 bridgehead atoms. The molecule has 0 saturated heterocycles. The summed E-state index contributed by atoms with van der Waals surface area (Å²) in [7, 11) is 1.76. The third-order valence-electron chi connectivity index (χ3n) is 3.79. The van der Waals surface area contributed by atoms with Crippen molar-refractivity contribution in [3.8, 4) is 0 Å². The van der Waals surface area contributed by atoms with Gasteiger partial charge in [-0.2, -0.15) is 0 Å². The summed E-state index contributed by atoms with van der Waals surface area (Å²) in [6.07, 6.45) is 3.30. The number of amides is 1.